The summed E-state index contributed by atoms with van der Waals surface area (Å²) in [6, 6.07) is -0.0486. The molecule has 48 valence electrons. The van der Waals surface area contributed by atoms with Gasteiger partial charge in [0, 0.05) is 6.42 Å². The minimum absolute atomic E-state index is 0.0486. The molecule has 0 amide bonds. The minimum Gasteiger partial charge on any atom is -0.507 e. The van der Waals surface area contributed by atoms with Gasteiger partial charge in [0.25, 0.3) is 0 Å². The number of rotatable bonds is 3. The zero-order valence-corrected chi connectivity index (χ0v) is 5.69. The van der Waals surface area contributed by atoms with E-state index in [2.05, 4.69) is 24.9 Å². The fourth-order valence-corrected chi connectivity index (χ4v) is 0.634. The van der Waals surface area contributed by atoms with Gasteiger partial charge in [0.05, 0.1) is 0 Å². The van der Waals surface area contributed by atoms with Crippen LogP contribution in [0.15, 0.2) is 12.3 Å². The molecule has 0 aliphatic heterocycles. The summed E-state index contributed by atoms with van der Waals surface area (Å²) in [6.07, 6.45) is 0.790. The maximum absolute atomic E-state index is 8.66. The van der Waals surface area contributed by atoms with Crippen LogP contribution in [0.4, 0.5) is 0 Å². The highest BCUT2D eigenvalue weighted by Crippen LogP contribution is 1.94. The van der Waals surface area contributed by atoms with Crippen molar-refractivity contribution in [3.05, 3.63) is 12.3 Å². The Labute approximate surface area is 54.8 Å². The fraction of sp³-hybridized carbons (Fsp3) is 0.600. The van der Waals surface area contributed by atoms with Crippen molar-refractivity contribution < 1.29 is 10.8 Å². The van der Waals surface area contributed by atoms with Crippen molar-refractivity contribution in [2.24, 2.45) is 0 Å². The molecule has 3 heteroatoms. The van der Waals surface area contributed by atoms with Gasteiger partial charge in [-0.25, -0.2) is 0 Å². The van der Waals surface area contributed by atoms with Gasteiger partial charge in [0.2, 0.25) is 0 Å². The molecule has 0 radical (unpaired) electrons. The molecule has 0 saturated carbocycles. The molecule has 0 aromatic carbocycles. The fourth-order valence-electron chi connectivity index (χ4n) is 0.322. The summed E-state index contributed by atoms with van der Waals surface area (Å²) in [5, 5.41) is 8.66. The SMILES string of the molecule is C=C(O)C([NH3+])CCS. The first-order chi connectivity index (χ1) is 3.68. The van der Waals surface area contributed by atoms with Crippen LogP contribution in [0.25, 0.3) is 0 Å². The van der Waals surface area contributed by atoms with Crippen molar-refractivity contribution in [2.45, 2.75) is 12.5 Å². The van der Waals surface area contributed by atoms with Crippen LogP contribution in [0.1, 0.15) is 6.42 Å². The van der Waals surface area contributed by atoms with E-state index in [0.717, 1.165) is 12.2 Å². The Balaban J connectivity index is 3.32. The summed E-state index contributed by atoms with van der Waals surface area (Å²) < 4.78 is 0. The molecule has 0 spiro atoms. The summed E-state index contributed by atoms with van der Waals surface area (Å²) in [6.45, 7) is 3.33. The summed E-state index contributed by atoms with van der Waals surface area (Å²) in [5.41, 5.74) is 3.63. The zero-order chi connectivity index (χ0) is 6.57. The number of quaternary nitrogens is 1. The second kappa shape index (κ2) is 3.80. The first kappa shape index (κ1) is 7.85. The third-order valence-electron chi connectivity index (χ3n) is 0.949. The molecule has 2 nitrogen and oxygen atoms in total. The minimum atomic E-state index is -0.0486. The second-order valence-corrected chi connectivity index (χ2v) is 2.15. The van der Waals surface area contributed by atoms with Crippen LogP contribution in [-0.2, 0) is 0 Å². The van der Waals surface area contributed by atoms with Crippen molar-refractivity contribution in [1.29, 1.82) is 0 Å². The number of aliphatic hydroxyl groups is 1. The van der Waals surface area contributed by atoms with Gasteiger partial charge in [-0.15, -0.1) is 0 Å². The van der Waals surface area contributed by atoms with Crippen LogP contribution in [-0.4, -0.2) is 16.9 Å². The van der Waals surface area contributed by atoms with Crippen LogP contribution in [0.3, 0.4) is 0 Å². The Morgan fingerprint density at radius 3 is 2.50 bits per heavy atom. The van der Waals surface area contributed by atoms with Gasteiger partial charge < -0.3 is 10.8 Å². The van der Waals surface area contributed by atoms with Gasteiger partial charge in [-0.3, -0.25) is 0 Å². The Bertz CT molecular complexity index is 84.5. The number of hydrogen-bond acceptors (Lipinski definition) is 2. The Morgan fingerprint density at radius 1 is 1.88 bits per heavy atom. The molecule has 0 fully saturated rings. The third-order valence-corrected chi connectivity index (χ3v) is 1.21. The lowest BCUT2D eigenvalue weighted by Gasteiger charge is -2.01. The van der Waals surface area contributed by atoms with Crippen molar-refractivity contribution in [1.82, 2.24) is 0 Å². The van der Waals surface area contributed by atoms with Crippen LogP contribution in [0.2, 0.25) is 0 Å². The van der Waals surface area contributed by atoms with Gasteiger partial charge in [-0.05, 0) is 5.75 Å². The summed E-state index contributed by atoms with van der Waals surface area (Å²) in [4.78, 5) is 0. The van der Waals surface area contributed by atoms with E-state index >= 15 is 0 Å². The average Bonchev–Trinajstić information content (AvgIpc) is 1.67. The normalized spacial score (nSPS) is 13.2. The molecule has 0 aromatic rings. The van der Waals surface area contributed by atoms with E-state index in [-0.39, 0.29) is 11.8 Å². The topological polar surface area (TPSA) is 47.9 Å². The number of aliphatic hydroxyl groups excluding tert-OH is 1. The summed E-state index contributed by atoms with van der Waals surface area (Å²) >= 11 is 3.96. The van der Waals surface area contributed by atoms with E-state index in [4.69, 9.17) is 5.11 Å². The lowest BCUT2D eigenvalue weighted by Crippen LogP contribution is -2.61. The third kappa shape index (κ3) is 2.93. The monoisotopic (exact) mass is 134 g/mol. The molecule has 0 bridgehead atoms. The van der Waals surface area contributed by atoms with Crippen LogP contribution < -0.4 is 5.73 Å². The van der Waals surface area contributed by atoms with Crippen LogP contribution in [0.5, 0.6) is 0 Å². The molecule has 0 saturated heterocycles. The van der Waals surface area contributed by atoms with E-state index in [0.29, 0.717) is 0 Å². The lowest BCUT2D eigenvalue weighted by atomic mass is 10.2. The molecule has 4 N–H and O–H groups in total. The number of thiol groups is 1. The van der Waals surface area contributed by atoms with Crippen LogP contribution >= 0.6 is 12.6 Å². The highest BCUT2D eigenvalue weighted by molar-refractivity contribution is 7.80. The van der Waals surface area contributed by atoms with E-state index in [1.54, 1.807) is 0 Å². The molecular formula is C5H12NOS+. The van der Waals surface area contributed by atoms with E-state index in [9.17, 15) is 0 Å². The van der Waals surface area contributed by atoms with E-state index < -0.39 is 0 Å². The molecule has 0 aromatic heterocycles. The number of hydrogen-bond donors (Lipinski definition) is 3. The van der Waals surface area contributed by atoms with Gasteiger partial charge in [0.15, 0.2) is 0 Å². The van der Waals surface area contributed by atoms with Gasteiger partial charge in [-0.1, -0.05) is 6.58 Å². The first-order valence-electron chi connectivity index (χ1n) is 2.50. The second-order valence-electron chi connectivity index (χ2n) is 1.70. The molecule has 0 aliphatic rings. The highest BCUT2D eigenvalue weighted by Gasteiger charge is 2.05. The van der Waals surface area contributed by atoms with Gasteiger partial charge in [-0.2, -0.15) is 12.6 Å². The van der Waals surface area contributed by atoms with Crippen molar-refractivity contribution in [2.75, 3.05) is 5.75 Å². The highest BCUT2D eigenvalue weighted by atomic mass is 32.1. The van der Waals surface area contributed by atoms with Crippen molar-refractivity contribution >= 4 is 12.6 Å². The smallest absolute Gasteiger partial charge is 0.142 e. The molecule has 0 aliphatic carbocycles. The first-order valence-corrected chi connectivity index (χ1v) is 3.13. The molecule has 0 heterocycles. The standard InChI is InChI=1S/C5H11NOS/c1-4(7)5(6)2-3-8/h5,7-8H,1-3,6H2/p+1. The summed E-state index contributed by atoms with van der Waals surface area (Å²) in [5.74, 6) is 0.896. The Hall–Kier alpha value is -0.150. The van der Waals surface area contributed by atoms with Crippen molar-refractivity contribution in [3.63, 3.8) is 0 Å². The lowest BCUT2D eigenvalue weighted by molar-refractivity contribution is -0.412. The van der Waals surface area contributed by atoms with E-state index in [1.165, 1.54) is 0 Å². The van der Waals surface area contributed by atoms with Gasteiger partial charge >= 0.3 is 0 Å². The summed E-state index contributed by atoms with van der Waals surface area (Å²) in [7, 11) is 0. The Morgan fingerprint density at radius 2 is 2.38 bits per heavy atom. The molecule has 1 atom stereocenters. The quantitative estimate of drug-likeness (QED) is 0.369. The predicted molar refractivity (Wildman–Crippen MR) is 36.9 cm³/mol. The zero-order valence-electron chi connectivity index (χ0n) is 4.80. The molecular weight excluding hydrogens is 122 g/mol. The van der Waals surface area contributed by atoms with Crippen LogP contribution in [0, 0.1) is 0 Å². The maximum Gasteiger partial charge on any atom is 0.142 e. The molecule has 1 unspecified atom stereocenters. The Kier molecular flexibility index (Phi) is 3.73. The maximum atomic E-state index is 8.66. The molecule has 0 rings (SSSR count). The van der Waals surface area contributed by atoms with Crippen molar-refractivity contribution in [3.8, 4) is 0 Å². The largest absolute Gasteiger partial charge is 0.507 e. The molecule has 8 heavy (non-hydrogen) atoms. The van der Waals surface area contributed by atoms with E-state index in [1.807, 2.05) is 0 Å². The van der Waals surface area contributed by atoms with Gasteiger partial charge in [0.1, 0.15) is 11.8 Å². The predicted octanol–water partition coefficient (Wildman–Crippen LogP) is -0.0115. The average molecular weight is 134 g/mol.